The maximum absolute atomic E-state index is 12.2. The number of nitrogens with two attached hydrogens (primary N) is 1. The highest BCUT2D eigenvalue weighted by atomic mass is 16.5. The third-order valence-corrected chi connectivity index (χ3v) is 4.36. The minimum Gasteiger partial charge on any atom is -0.484 e. The van der Waals surface area contributed by atoms with Gasteiger partial charge in [-0.1, -0.05) is 6.92 Å². The third kappa shape index (κ3) is 3.59. The summed E-state index contributed by atoms with van der Waals surface area (Å²) in [6.07, 6.45) is 2.62. The molecule has 1 aromatic heterocycles. The zero-order valence-corrected chi connectivity index (χ0v) is 13.8. The van der Waals surface area contributed by atoms with Crippen LogP contribution >= 0.6 is 0 Å². The van der Waals surface area contributed by atoms with Crippen molar-refractivity contribution in [2.75, 3.05) is 19.7 Å². The zero-order valence-electron chi connectivity index (χ0n) is 13.8. The van der Waals surface area contributed by atoms with E-state index >= 15 is 0 Å². The van der Waals surface area contributed by atoms with Crippen LogP contribution in [0.25, 0.3) is 11.0 Å². The third-order valence-electron chi connectivity index (χ3n) is 4.36. The molecule has 1 amide bonds. The van der Waals surface area contributed by atoms with Crippen molar-refractivity contribution < 1.29 is 13.9 Å². The second kappa shape index (κ2) is 7.05. The lowest BCUT2D eigenvalue weighted by Crippen LogP contribution is -2.47. The number of amides is 1. The molecule has 1 unspecified atom stereocenters. The van der Waals surface area contributed by atoms with Gasteiger partial charge in [-0.3, -0.25) is 4.79 Å². The average molecular weight is 330 g/mol. The molecule has 2 heterocycles. The van der Waals surface area contributed by atoms with E-state index in [1.165, 1.54) is 6.07 Å². The van der Waals surface area contributed by atoms with E-state index < -0.39 is 0 Å². The smallest absolute Gasteiger partial charge is 0.336 e. The van der Waals surface area contributed by atoms with Crippen LogP contribution in [0.15, 0.2) is 33.5 Å². The van der Waals surface area contributed by atoms with Crippen molar-refractivity contribution in [1.82, 2.24) is 4.90 Å². The van der Waals surface area contributed by atoms with Crippen molar-refractivity contribution in [1.29, 1.82) is 0 Å². The summed E-state index contributed by atoms with van der Waals surface area (Å²) in [7, 11) is 0. The van der Waals surface area contributed by atoms with Gasteiger partial charge in [0.2, 0.25) is 0 Å². The lowest BCUT2D eigenvalue weighted by molar-refractivity contribution is -0.134. The van der Waals surface area contributed by atoms with Crippen molar-refractivity contribution in [3.05, 3.63) is 40.2 Å². The van der Waals surface area contributed by atoms with Gasteiger partial charge in [-0.2, -0.15) is 0 Å². The number of piperidine rings is 1. The molecule has 6 heteroatoms. The van der Waals surface area contributed by atoms with Crippen molar-refractivity contribution in [3.63, 3.8) is 0 Å². The highest BCUT2D eigenvalue weighted by molar-refractivity contribution is 5.82. The highest BCUT2D eigenvalue weighted by Gasteiger charge is 2.21. The van der Waals surface area contributed by atoms with Gasteiger partial charge in [-0.15, -0.1) is 0 Å². The van der Waals surface area contributed by atoms with Gasteiger partial charge < -0.3 is 19.8 Å². The quantitative estimate of drug-likeness (QED) is 0.862. The van der Waals surface area contributed by atoms with E-state index in [1.807, 2.05) is 13.0 Å². The lowest BCUT2D eigenvalue weighted by Gasteiger charge is -2.30. The summed E-state index contributed by atoms with van der Waals surface area (Å²) in [5, 5.41) is 0.887. The van der Waals surface area contributed by atoms with Crippen molar-refractivity contribution >= 4 is 16.9 Å². The first kappa shape index (κ1) is 16.5. The second-order valence-corrected chi connectivity index (χ2v) is 6.13. The van der Waals surface area contributed by atoms with E-state index in [0.29, 0.717) is 17.9 Å². The summed E-state index contributed by atoms with van der Waals surface area (Å²) in [5.74, 6) is 0.433. The molecule has 1 aliphatic heterocycles. The number of rotatable bonds is 4. The number of nitrogens with zero attached hydrogens (tertiary/aromatic N) is 1. The van der Waals surface area contributed by atoms with E-state index in [4.69, 9.17) is 14.9 Å². The molecule has 0 radical (unpaired) electrons. The fraction of sp³-hybridized carbons (Fsp3) is 0.444. The maximum atomic E-state index is 12.2. The Labute approximate surface area is 140 Å². The Morgan fingerprint density at radius 1 is 1.42 bits per heavy atom. The van der Waals surface area contributed by atoms with Crippen molar-refractivity contribution in [3.8, 4) is 5.75 Å². The Hall–Kier alpha value is -2.34. The second-order valence-electron chi connectivity index (χ2n) is 6.13. The largest absolute Gasteiger partial charge is 0.484 e. The Bertz CT molecular complexity index is 799. The summed E-state index contributed by atoms with van der Waals surface area (Å²) < 4.78 is 10.8. The van der Waals surface area contributed by atoms with Crippen LogP contribution in [0.5, 0.6) is 5.75 Å². The predicted molar refractivity (Wildman–Crippen MR) is 91.1 cm³/mol. The molecule has 3 rings (SSSR count). The van der Waals surface area contributed by atoms with Gasteiger partial charge in [0.15, 0.2) is 6.61 Å². The van der Waals surface area contributed by atoms with Crippen LogP contribution in [0.3, 0.4) is 0 Å². The number of aryl methyl sites for hydroxylation is 1. The average Bonchev–Trinajstić information content (AvgIpc) is 2.58. The molecule has 0 spiro atoms. The number of fused-ring (bicyclic) bond motifs is 1. The van der Waals surface area contributed by atoms with Crippen LogP contribution in [-0.4, -0.2) is 36.5 Å². The van der Waals surface area contributed by atoms with Crippen molar-refractivity contribution in [2.24, 2.45) is 5.73 Å². The molecular weight excluding hydrogens is 308 g/mol. The number of hydrogen-bond donors (Lipinski definition) is 1. The molecule has 24 heavy (non-hydrogen) atoms. The molecule has 2 N–H and O–H groups in total. The number of carbonyl (C=O) groups is 1. The van der Waals surface area contributed by atoms with Gasteiger partial charge in [-0.25, -0.2) is 4.79 Å². The first-order valence-electron chi connectivity index (χ1n) is 8.29. The first-order valence-corrected chi connectivity index (χ1v) is 8.29. The van der Waals surface area contributed by atoms with Gasteiger partial charge in [0.25, 0.3) is 5.91 Å². The molecular formula is C18H22N2O4. The maximum Gasteiger partial charge on any atom is 0.336 e. The molecule has 1 atom stereocenters. The van der Waals surface area contributed by atoms with E-state index in [2.05, 4.69) is 0 Å². The van der Waals surface area contributed by atoms with Crippen LogP contribution in [0.1, 0.15) is 25.3 Å². The summed E-state index contributed by atoms with van der Waals surface area (Å²) in [6, 6.07) is 6.85. The summed E-state index contributed by atoms with van der Waals surface area (Å²) in [5.41, 5.74) is 6.93. The van der Waals surface area contributed by atoms with Crippen LogP contribution in [0.4, 0.5) is 0 Å². The fourth-order valence-corrected chi connectivity index (χ4v) is 3.07. The molecule has 1 aliphatic rings. The van der Waals surface area contributed by atoms with Crippen molar-refractivity contribution in [2.45, 2.75) is 32.2 Å². The minimum absolute atomic E-state index is 0.0457. The Kier molecular flexibility index (Phi) is 4.85. The van der Waals surface area contributed by atoms with E-state index in [-0.39, 0.29) is 24.2 Å². The SMILES string of the molecule is CCc1cc(=O)oc2cc(OCC(=O)N3CCCC(N)C3)ccc12. The Morgan fingerprint density at radius 3 is 3.00 bits per heavy atom. The molecule has 1 aromatic carbocycles. The Morgan fingerprint density at radius 2 is 2.25 bits per heavy atom. The monoisotopic (exact) mass is 330 g/mol. The van der Waals surface area contributed by atoms with E-state index in [9.17, 15) is 9.59 Å². The molecule has 1 fully saturated rings. The lowest BCUT2D eigenvalue weighted by atomic mass is 10.1. The molecule has 2 aromatic rings. The fourth-order valence-electron chi connectivity index (χ4n) is 3.07. The first-order chi connectivity index (χ1) is 11.6. The van der Waals surface area contributed by atoms with Gasteiger partial charge in [0, 0.05) is 36.7 Å². The molecule has 1 saturated heterocycles. The zero-order chi connectivity index (χ0) is 17.1. The van der Waals surface area contributed by atoms with Crippen LogP contribution < -0.4 is 16.1 Å². The highest BCUT2D eigenvalue weighted by Crippen LogP contribution is 2.23. The van der Waals surface area contributed by atoms with Crippen LogP contribution in [0, 0.1) is 0 Å². The van der Waals surface area contributed by atoms with Gasteiger partial charge in [0.05, 0.1) is 0 Å². The standard InChI is InChI=1S/C18H22N2O4/c1-2-12-8-18(22)24-16-9-14(5-6-15(12)16)23-11-17(21)20-7-3-4-13(19)10-20/h5-6,8-9,13H,2-4,7,10-11,19H2,1H3. The van der Waals surface area contributed by atoms with Gasteiger partial charge >= 0.3 is 5.63 Å². The van der Waals surface area contributed by atoms with Gasteiger partial charge in [-0.05, 0) is 37.0 Å². The predicted octanol–water partition coefficient (Wildman–Crippen LogP) is 1.68. The van der Waals surface area contributed by atoms with Gasteiger partial charge in [0.1, 0.15) is 11.3 Å². The summed E-state index contributed by atoms with van der Waals surface area (Å²) in [6.45, 7) is 3.24. The number of hydrogen-bond acceptors (Lipinski definition) is 5. The molecule has 6 nitrogen and oxygen atoms in total. The Balaban J connectivity index is 1.71. The topological polar surface area (TPSA) is 85.8 Å². The number of likely N-dealkylation sites (tertiary alicyclic amines) is 1. The normalized spacial score (nSPS) is 17.9. The number of carbonyl (C=O) groups excluding carboxylic acids is 1. The van der Waals surface area contributed by atoms with Crippen LogP contribution in [-0.2, 0) is 11.2 Å². The molecule has 0 aliphatic carbocycles. The van der Waals surface area contributed by atoms with E-state index in [0.717, 1.165) is 36.8 Å². The van der Waals surface area contributed by atoms with E-state index in [1.54, 1.807) is 17.0 Å². The minimum atomic E-state index is -0.380. The van der Waals surface area contributed by atoms with Crippen LogP contribution in [0.2, 0.25) is 0 Å². The molecule has 0 saturated carbocycles. The number of ether oxygens (including phenoxy) is 1. The molecule has 0 bridgehead atoms. The number of benzene rings is 1. The summed E-state index contributed by atoms with van der Waals surface area (Å²) in [4.78, 5) is 25.5. The summed E-state index contributed by atoms with van der Waals surface area (Å²) >= 11 is 0. The molecule has 128 valence electrons.